The third kappa shape index (κ3) is 1.13. The van der Waals surface area contributed by atoms with Crippen LogP contribution in [0.2, 0.25) is 0 Å². The van der Waals surface area contributed by atoms with Crippen LogP contribution in [-0.2, 0) is 0 Å². The molecule has 0 amide bonds. The molecule has 1 aliphatic rings. The summed E-state index contributed by atoms with van der Waals surface area (Å²) in [5, 5.41) is 3.07. The van der Waals surface area contributed by atoms with E-state index < -0.39 is 0 Å². The van der Waals surface area contributed by atoms with Gasteiger partial charge in [-0.15, -0.1) is 0 Å². The molecule has 0 aliphatic carbocycles. The number of hydrogen-bond donors (Lipinski definition) is 2. The topological polar surface area (TPSA) is 41.3 Å². The van der Waals surface area contributed by atoms with E-state index >= 15 is 0 Å². The van der Waals surface area contributed by atoms with E-state index in [0.29, 0.717) is 6.67 Å². The van der Waals surface area contributed by atoms with E-state index in [4.69, 9.17) is 5.73 Å². The van der Waals surface area contributed by atoms with Crippen molar-refractivity contribution in [3.63, 3.8) is 0 Å². The number of nitrogens with two attached hydrogens (primary N) is 1. The fraction of sp³-hybridized carbons (Fsp3) is 0.600. The molecule has 0 spiro atoms. The van der Waals surface area contributed by atoms with Crippen LogP contribution in [0.5, 0.6) is 0 Å². The lowest BCUT2D eigenvalue weighted by Crippen LogP contribution is -2.34. The van der Waals surface area contributed by atoms with Crippen LogP contribution < -0.4 is 11.1 Å². The molecule has 1 rings (SSSR count). The maximum absolute atomic E-state index is 5.35. The summed E-state index contributed by atoms with van der Waals surface area (Å²) in [6.07, 6.45) is 3.87. The highest BCUT2D eigenvalue weighted by Gasteiger charge is 1.96. The van der Waals surface area contributed by atoms with Crippen molar-refractivity contribution in [1.29, 1.82) is 0 Å². The minimum atomic E-state index is 0.623. The SMILES string of the molecule is NCN1C=CNCC1. The maximum atomic E-state index is 5.35. The first-order chi connectivity index (χ1) is 3.93. The van der Waals surface area contributed by atoms with Gasteiger partial charge in [0.15, 0.2) is 0 Å². The maximum Gasteiger partial charge on any atom is 0.0652 e. The first-order valence-corrected chi connectivity index (χ1v) is 2.77. The number of nitrogens with one attached hydrogen (secondary N) is 1. The highest BCUT2D eigenvalue weighted by Crippen LogP contribution is 1.87. The average molecular weight is 113 g/mol. The monoisotopic (exact) mass is 113 g/mol. The molecule has 0 aromatic rings. The summed E-state index contributed by atoms with van der Waals surface area (Å²) in [6.45, 7) is 2.65. The Morgan fingerprint density at radius 3 is 3.00 bits per heavy atom. The highest BCUT2D eigenvalue weighted by atomic mass is 15.2. The van der Waals surface area contributed by atoms with Gasteiger partial charge in [0.2, 0.25) is 0 Å². The Kier molecular flexibility index (Phi) is 1.75. The van der Waals surface area contributed by atoms with Crippen LogP contribution in [0.25, 0.3) is 0 Å². The molecule has 0 radical (unpaired) electrons. The van der Waals surface area contributed by atoms with Gasteiger partial charge in [-0.05, 0) is 0 Å². The molecule has 8 heavy (non-hydrogen) atoms. The molecule has 46 valence electrons. The summed E-state index contributed by atoms with van der Waals surface area (Å²) in [5.41, 5.74) is 5.35. The van der Waals surface area contributed by atoms with Gasteiger partial charge >= 0.3 is 0 Å². The fourth-order valence-corrected chi connectivity index (χ4v) is 0.676. The molecule has 0 saturated heterocycles. The summed E-state index contributed by atoms with van der Waals surface area (Å²) >= 11 is 0. The van der Waals surface area contributed by atoms with E-state index in [2.05, 4.69) is 10.2 Å². The molecular formula is C5H11N3. The molecule has 3 N–H and O–H groups in total. The first kappa shape index (κ1) is 5.44. The Balaban J connectivity index is 2.32. The van der Waals surface area contributed by atoms with Crippen molar-refractivity contribution >= 4 is 0 Å². The van der Waals surface area contributed by atoms with Crippen LogP contribution >= 0.6 is 0 Å². The lowest BCUT2D eigenvalue weighted by atomic mass is 10.5. The van der Waals surface area contributed by atoms with Crippen LogP contribution in [0.15, 0.2) is 12.4 Å². The van der Waals surface area contributed by atoms with E-state index in [9.17, 15) is 0 Å². The molecule has 0 fully saturated rings. The molecule has 0 unspecified atom stereocenters. The third-order valence-corrected chi connectivity index (χ3v) is 1.18. The van der Waals surface area contributed by atoms with Crippen molar-refractivity contribution in [2.45, 2.75) is 0 Å². The molecule has 0 aromatic carbocycles. The Labute approximate surface area is 49.2 Å². The molecule has 0 atom stereocenters. The highest BCUT2D eigenvalue weighted by molar-refractivity contribution is 4.84. The second kappa shape index (κ2) is 2.57. The molecule has 0 bridgehead atoms. The summed E-state index contributed by atoms with van der Waals surface area (Å²) < 4.78 is 0. The van der Waals surface area contributed by atoms with Gasteiger partial charge in [-0.1, -0.05) is 0 Å². The zero-order chi connectivity index (χ0) is 5.82. The van der Waals surface area contributed by atoms with Gasteiger partial charge in [-0.3, -0.25) is 0 Å². The van der Waals surface area contributed by atoms with Gasteiger partial charge < -0.3 is 16.0 Å². The number of hydrogen-bond acceptors (Lipinski definition) is 3. The van der Waals surface area contributed by atoms with Crippen molar-refractivity contribution in [1.82, 2.24) is 10.2 Å². The lowest BCUT2D eigenvalue weighted by Gasteiger charge is -2.21. The van der Waals surface area contributed by atoms with Crippen molar-refractivity contribution in [3.05, 3.63) is 12.4 Å². The van der Waals surface area contributed by atoms with Gasteiger partial charge in [-0.25, -0.2) is 0 Å². The smallest absolute Gasteiger partial charge is 0.0652 e. The van der Waals surface area contributed by atoms with Crippen LogP contribution in [0.1, 0.15) is 0 Å². The van der Waals surface area contributed by atoms with Gasteiger partial charge in [0.1, 0.15) is 0 Å². The van der Waals surface area contributed by atoms with Crippen molar-refractivity contribution < 1.29 is 0 Å². The van der Waals surface area contributed by atoms with E-state index in [-0.39, 0.29) is 0 Å². The van der Waals surface area contributed by atoms with E-state index in [0.717, 1.165) is 13.1 Å². The molecule has 3 nitrogen and oxygen atoms in total. The predicted molar refractivity (Wildman–Crippen MR) is 32.9 cm³/mol. The van der Waals surface area contributed by atoms with Gasteiger partial charge in [0.25, 0.3) is 0 Å². The average Bonchev–Trinajstić information content (AvgIpc) is 1.90. The van der Waals surface area contributed by atoms with Gasteiger partial charge in [0, 0.05) is 25.5 Å². The Morgan fingerprint density at radius 1 is 1.75 bits per heavy atom. The second-order valence-corrected chi connectivity index (χ2v) is 1.76. The van der Waals surface area contributed by atoms with Crippen LogP contribution in [-0.4, -0.2) is 24.7 Å². The van der Waals surface area contributed by atoms with Crippen LogP contribution in [0, 0.1) is 0 Å². The van der Waals surface area contributed by atoms with Gasteiger partial charge in [-0.2, -0.15) is 0 Å². The largest absolute Gasteiger partial charge is 0.388 e. The zero-order valence-electron chi connectivity index (χ0n) is 4.80. The van der Waals surface area contributed by atoms with Crippen molar-refractivity contribution in [2.75, 3.05) is 19.8 Å². The van der Waals surface area contributed by atoms with E-state index in [1.807, 2.05) is 12.4 Å². The Bertz CT molecular complexity index is 89.7. The standard InChI is InChI=1S/C5H11N3/c6-5-8-3-1-7-2-4-8/h1,3,7H,2,4-6H2. The minimum absolute atomic E-state index is 0.623. The predicted octanol–water partition coefficient (Wildman–Crippen LogP) is -0.721. The first-order valence-electron chi connectivity index (χ1n) is 2.77. The second-order valence-electron chi connectivity index (χ2n) is 1.76. The van der Waals surface area contributed by atoms with Crippen molar-refractivity contribution in [2.24, 2.45) is 5.73 Å². The molecule has 1 heterocycles. The van der Waals surface area contributed by atoms with Crippen LogP contribution in [0.4, 0.5) is 0 Å². The zero-order valence-corrected chi connectivity index (χ0v) is 4.80. The quantitative estimate of drug-likeness (QED) is 0.471. The summed E-state index contributed by atoms with van der Waals surface area (Å²) in [5.74, 6) is 0. The molecule has 3 heteroatoms. The van der Waals surface area contributed by atoms with E-state index in [1.165, 1.54) is 0 Å². The molecular weight excluding hydrogens is 102 g/mol. The lowest BCUT2D eigenvalue weighted by molar-refractivity contribution is 0.370. The molecule has 0 aromatic heterocycles. The van der Waals surface area contributed by atoms with Crippen LogP contribution in [0.3, 0.4) is 0 Å². The number of rotatable bonds is 1. The summed E-state index contributed by atoms with van der Waals surface area (Å²) in [4.78, 5) is 2.05. The summed E-state index contributed by atoms with van der Waals surface area (Å²) in [6, 6.07) is 0. The molecule has 0 saturated carbocycles. The Hall–Kier alpha value is -0.700. The van der Waals surface area contributed by atoms with E-state index in [1.54, 1.807) is 0 Å². The number of nitrogens with zero attached hydrogens (tertiary/aromatic N) is 1. The Morgan fingerprint density at radius 2 is 2.62 bits per heavy atom. The summed E-state index contributed by atoms with van der Waals surface area (Å²) in [7, 11) is 0. The van der Waals surface area contributed by atoms with Crippen molar-refractivity contribution in [3.8, 4) is 0 Å². The normalized spacial score (nSPS) is 18.4. The molecule has 1 aliphatic heterocycles. The van der Waals surface area contributed by atoms with Gasteiger partial charge in [0.05, 0.1) is 6.67 Å². The fourth-order valence-electron chi connectivity index (χ4n) is 0.676. The third-order valence-electron chi connectivity index (χ3n) is 1.18. The minimum Gasteiger partial charge on any atom is -0.388 e.